The van der Waals surface area contributed by atoms with E-state index in [1.165, 1.54) is 12.1 Å². The van der Waals surface area contributed by atoms with Crippen molar-refractivity contribution >= 4 is 22.5 Å². The van der Waals surface area contributed by atoms with Crippen LogP contribution in [0.5, 0.6) is 0 Å². The number of rotatable bonds is 5. The number of aryl methyl sites for hydroxylation is 1. The van der Waals surface area contributed by atoms with E-state index in [2.05, 4.69) is 20.3 Å². The van der Waals surface area contributed by atoms with Crippen molar-refractivity contribution in [3.8, 4) is 0 Å². The number of fused-ring (bicyclic) bond motifs is 3. The third-order valence-electron chi connectivity index (χ3n) is 3.73. The average Bonchev–Trinajstić information content (AvgIpc) is 3.22. The molecule has 0 fully saturated rings. The van der Waals surface area contributed by atoms with Gasteiger partial charge < -0.3 is 9.88 Å². The number of nitrogens with one attached hydrogen (secondary N) is 1. The van der Waals surface area contributed by atoms with Gasteiger partial charge in [-0.3, -0.25) is 4.40 Å². The molecule has 3 heterocycles. The van der Waals surface area contributed by atoms with Crippen LogP contribution < -0.4 is 5.32 Å². The van der Waals surface area contributed by atoms with Crippen molar-refractivity contribution in [3.63, 3.8) is 0 Å². The molecule has 0 atom stereocenters. The van der Waals surface area contributed by atoms with Crippen LogP contribution in [0.4, 0.5) is 10.2 Å². The lowest BCUT2D eigenvalue weighted by atomic mass is 10.3. The predicted octanol–water partition coefficient (Wildman–Crippen LogP) is 2.72. The number of aromatic nitrogens is 5. The molecule has 1 N–H and O–H groups in total. The minimum atomic E-state index is -0.296. The first-order chi connectivity index (χ1) is 11.3. The highest BCUT2D eigenvalue weighted by Crippen LogP contribution is 2.21. The number of imidazole rings is 2. The molecule has 0 saturated carbocycles. The molecule has 116 valence electrons. The van der Waals surface area contributed by atoms with E-state index in [-0.39, 0.29) is 5.82 Å². The summed E-state index contributed by atoms with van der Waals surface area (Å²) in [4.78, 5) is 12.9. The molecule has 1 aromatic carbocycles. The summed E-state index contributed by atoms with van der Waals surface area (Å²) in [6.45, 7) is 1.62. The summed E-state index contributed by atoms with van der Waals surface area (Å²) >= 11 is 0. The Kier molecular flexibility index (Phi) is 3.38. The van der Waals surface area contributed by atoms with Gasteiger partial charge in [-0.15, -0.1) is 0 Å². The molecule has 0 radical (unpaired) electrons. The lowest BCUT2D eigenvalue weighted by Gasteiger charge is -2.10. The maximum atomic E-state index is 13.5. The van der Waals surface area contributed by atoms with Crippen molar-refractivity contribution in [2.75, 3.05) is 11.9 Å². The Morgan fingerprint density at radius 3 is 3.00 bits per heavy atom. The summed E-state index contributed by atoms with van der Waals surface area (Å²) in [7, 11) is 0. The second-order valence-corrected chi connectivity index (χ2v) is 5.30. The minimum Gasteiger partial charge on any atom is -0.367 e. The fraction of sp³-hybridized carbons (Fsp3) is 0.188. The van der Waals surface area contributed by atoms with Gasteiger partial charge in [0.2, 0.25) is 0 Å². The number of halogens is 1. The van der Waals surface area contributed by atoms with E-state index in [9.17, 15) is 4.39 Å². The van der Waals surface area contributed by atoms with Crippen LogP contribution in [0.1, 0.15) is 6.42 Å². The number of nitrogens with zero attached hydrogens (tertiary/aromatic N) is 5. The summed E-state index contributed by atoms with van der Waals surface area (Å²) in [6.07, 6.45) is 9.99. The topological polar surface area (TPSA) is 60.0 Å². The predicted molar refractivity (Wildman–Crippen MR) is 85.8 cm³/mol. The van der Waals surface area contributed by atoms with Crippen molar-refractivity contribution in [2.45, 2.75) is 13.0 Å². The Balaban J connectivity index is 1.59. The highest BCUT2D eigenvalue weighted by atomic mass is 19.1. The molecule has 0 aliphatic carbocycles. The summed E-state index contributed by atoms with van der Waals surface area (Å²) < 4.78 is 17.4. The first-order valence-electron chi connectivity index (χ1n) is 7.43. The molecule has 0 spiro atoms. The molecule has 3 aromatic heterocycles. The molecule has 0 amide bonds. The molecule has 0 aliphatic rings. The smallest absolute Gasteiger partial charge is 0.180 e. The highest BCUT2D eigenvalue weighted by molar-refractivity contribution is 5.82. The molecule has 0 bridgehead atoms. The van der Waals surface area contributed by atoms with Gasteiger partial charge in [0.25, 0.3) is 0 Å². The van der Waals surface area contributed by atoms with Gasteiger partial charge in [-0.1, -0.05) is 0 Å². The first kappa shape index (κ1) is 13.7. The summed E-state index contributed by atoms with van der Waals surface area (Å²) in [5.41, 5.74) is 2.18. The Bertz CT molecular complexity index is 944. The van der Waals surface area contributed by atoms with Crippen LogP contribution in [-0.4, -0.2) is 30.5 Å². The van der Waals surface area contributed by atoms with Gasteiger partial charge in [-0.05, 0) is 18.6 Å². The number of hydrogen-bond donors (Lipinski definition) is 1. The van der Waals surface area contributed by atoms with E-state index < -0.39 is 0 Å². The minimum absolute atomic E-state index is 0.296. The van der Waals surface area contributed by atoms with E-state index in [0.717, 1.165) is 30.7 Å². The second-order valence-electron chi connectivity index (χ2n) is 5.30. The van der Waals surface area contributed by atoms with Crippen LogP contribution in [0.25, 0.3) is 16.7 Å². The molecule has 23 heavy (non-hydrogen) atoms. The first-order valence-corrected chi connectivity index (χ1v) is 7.43. The van der Waals surface area contributed by atoms with Crippen molar-refractivity contribution in [3.05, 3.63) is 55.1 Å². The molecule has 0 aliphatic heterocycles. The zero-order valence-corrected chi connectivity index (χ0v) is 12.4. The maximum Gasteiger partial charge on any atom is 0.180 e. The van der Waals surface area contributed by atoms with Gasteiger partial charge in [-0.25, -0.2) is 19.3 Å². The molecule has 0 saturated heterocycles. The quantitative estimate of drug-likeness (QED) is 0.576. The summed E-state index contributed by atoms with van der Waals surface area (Å²) in [6, 6.07) is 4.59. The monoisotopic (exact) mass is 310 g/mol. The number of benzene rings is 1. The third kappa shape index (κ3) is 2.61. The number of hydrogen-bond acceptors (Lipinski definition) is 4. The molecule has 7 heteroatoms. The standard InChI is InChI=1S/C16H15FN6/c17-12-2-3-14-13(10-12)21-15(16-20-6-9-23(14)16)19-4-1-7-22-8-5-18-11-22/h2-3,5-6,8-11H,1,4,7H2,(H,19,21). The normalized spacial score (nSPS) is 11.3. The summed E-state index contributed by atoms with van der Waals surface area (Å²) in [5, 5.41) is 3.30. The Morgan fingerprint density at radius 1 is 1.17 bits per heavy atom. The average molecular weight is 310 g/mol. The van der Waals surface area contributed by atoms with Crippen LogP contribution in [-0.2, 0) is 6.54 Å². The van der Waals surface area contributed by atoms with Crippen LogP contribution in [0.3, 0.4) is 0 Å². The lowest BCUT2D eigenvalue weighted by molar-refractivity contribution is 0.629. The maximum absolute atomic E-state index is 13.5. The van der Waals surface area contributed by atoms with Crippen LogP contribution in [0, 0.1) is 5.82 Å². The van der Waals surface area contributed by atoms with Crippen LogP contribution in [0.15, 0.2) is 49.3 Å². The van der Waals surface area contributed by atoms with Crippen LogP contribution >= 0.6 is 0 Å². The Hall–Kier alpha value is -2.96. The summed E-state index contributed by atoms with van der Waals surface area (Å²) in [5.74, 6) is 0.370. The van der Waals surface area contributed by atoms with E-state index in [1.54, 1.807) is 24.8 Å². The van der Waals surface area contributed by atoms with E-state index in [0.29, 0.717) is 11.3 Å². The fourth-order valence-corrected chi connectivity index (χ4v) is 2.64. The zero-order chi connectivity index (χ0) is 15.6. The van der Waals surface area contributed by atoms with E-state index in [1.807, 2.05) is 21.4 Å². The van der Waals surface area contributed by atoms with Crippen molar-refractivity contribution in [2.24, 2.45) is 0 Å². The molecule has 6 nitrogen and oxygen atoms in total. The number of anilines is 1. The van der Waals surface area contributed by atoms with Crippen LogP contribution in [0.2, 0.25) is 0 Å². The second kappa shape index (κ2) is 5.68. The van der Waals surface area contributed by atoms with E-state index >= 15 is 0 Å². The van der Waals surface area contributed by atoms with Gasteiger partial charge in [-0.2, -0.15) is 0 Å². The van der Waals surface area contributed by atoms with Crippen molar-refractivity contribution < 1.29 is 4.39 Å². The van der Waals surface area contributed by atoms with Gasteiger partial charge in [0.05, 0.1) is 17.4 Å². The molecular weight excluding hydrogens is 295 g/mol. The zero-order valence-electron chi connectivity index (χ0n) is 12.4. The van der Waals surface area contributed by atoms with E-state index in [4.69, 9.17) is 0 Å². The molecule has 0 unspecified atom stereocenters. The highest BCUT2D eigenvalue weighted by Gasteiger charge is 2.09. The Labute approximate surface area is 131 Å². The van der Waals surface area contributed by atoms with Crippen molar-refractivity contribution in [1.82, 2.24) is 23.9 Å². The third-order valence-corrected chi connectivity index (χ3v) is 3.73. The van der Waals surface area contributed by atoms with Gasteiger partial charge in [0, 0.05) is 43.9 Å². The SMILES string of the molecule is Fc1ccc2c(c1)nc(NCCCn1ccnc1)c1nccn12. The largest absolute Gasteiger partial charge is 0.367 e. The van der Waals surface area contributed by atoms with Gasteiger partial charge in [0.1, 0.15) is 5.82 Å². The van der Waals surface area contributed by atoms with Gasteiger partial charge in [0.15, 0.2) is 11.5 Å². The molecular formula is C16H15FN6. The van der Waals surface area contributed by atoms with Crippen molar-refractivity contribution in [1.29, 1.82) is 0 Å². The Morgan fingerprint density at radius 2 is 2.13 bits per heavy atom. The fourth-order valence-electron chi connectivity index (χ4n) is 2.64. The van der Waals surface area contributed by atoms with Gasteiger partial charge >= 0.3 is 0 Å². The molecule has 4 aromatic rings. The molecule has 4 rings (SSSR count). The lowest BCUT2D eigenvalue weighted by Crippen LogP contribution is -2.09.